The molecule has 0 aliphatic heterocycles. The standard InChI is InChI=1S/C12H18N2O3/c1-12(2,11(15)17-4)8-14-9-5-6-13-10(7-9)16-3/h5-7H,8H2,1-4H3,(H,13,14). The Bertz CT molecular complexity index is 391. The lowest BCUT2D eigenvalue weighted by Gasteiger charge is -2.22. The molecule has 1 N–H and O–H groups in total. The maximum atomic E-state index is 11.5. The van der Waals surface area contributed by atoms with E-state index in [1.54, 1.807) is 19.4 Å². The second kappa shape index (κ2) is 5.52. The van der Waals surface area contributed by atoms with Gasteiger partial charge in [-0.1, -0.05) is 0 Å². The lowest BCUT2D eigenvalue weighted by atomic mass is 9.94. The van der Waals surface area contributed by atoms with Crippen molar-refractivity contribution in [1.82, 2.24) is 4.98 Å². The van der Waals surface area contributed by atoms with E-state index in [9.17, 15) is 4.79 Å². The smallest absolute Gasteiger partial charge is 0.313 e. The summed E-state index contributed by atoms with van der Waals surface area (Å²) in [6.45, 7) is 4.13. The molecule has 0 unspecified atom stereocenters. The first-order valence-corrected chi connectivity index (χ1v) is 5.32. The third-order valence-electron chi connectivity index (χ3n) is 2.42. The largest absolute Gasteiger partial charge is 0.481 e. The topological polar surface area (TPSA) is 60.5 Å². The molecule has 0 radical (unpaired) electrons. The fourth-order valence-electron chi connectivity index (χ4n) is 1.30. The molecule has 17 heavy (non-hydrogen) atoms. The molecule has 0 aliphatic carbocycles. The highest BCUT2D eigenvalue weighted by molar-refractivity contribution is 5.76. The van der Waals surface area contributed by atoms with Crippen molar-refractivity contribution < 1.29 is 14.3 Å². The van der Waals surface area contributed by atoms with Crippen LogP contribution in [0.15, 0.2) is 18.3 Å². The molecular weight excluding hydrogens is 220 g/mol. The summed E-state index contributed by atoms with van der Waals surface area (Å²) >= 11 is 0. The number of anilines is 1. The third-order valence-corrected chi connectivity index (χ3v) is 2.42. The molecule has 5 nitrogen and oxygen atoms in total. The van der Waals surface area contributed by atoms with E-state index in [0.717, 1.165) is 5.69 Å². The maximum absolute atomic E-state index is 11.5. The molecule has 5 heteroatoms. The normalized spacial score (nSPS) is 10.8. The lowest BCUT2D eigenvalue weighted by Crippen LogP contribution is -2.33. The van der Waals surface area contributed by atoms with Crippen LogP contribution in [0.4, 0.5) is 5.69 Å². The number of carbonyl (C=O) groups excluding carboxylic acids is 1. The first kappa shape index (κ1) is 13.3. The van der Waals surface area contributed by atoms with E-state index >= 15 is 0 Å². The van der Waals surface area contributed by atoms with Gasteiger partial charge in [0.15, 0.2) is 0 Å². The molecule has 0 fully saturated rings. The Morgan fingerprint density at radius 2 is 2.18 bits per heavy atom. The van der Waals surface area contributed by atoms with Gasteiger partial charge in [0.2, 0.25) is 5.88 Å². The van der Waals surface area contributed by atoms with Crippen LogP contribution in [0.3, 0.4) is 0 Å². The minimum atomic E-state index is -0.578. The van der Waals surface area contributed by atoms with E-state index in [1.165, 1.54) is 7.11 Å². The zero-order chi connectivity index (χ0) is 12.9. The third kappa shape index (κ3) is 3.62. The van der Waals surface area contributed by atoms with Gasteiger partial charge in [0.1, 0.15) is 0 Å². The van der Waals surface area contributed by atoms with Crippen molar-refractivity contribution in [1.29, 1.82) is 0 Å². The number of hydrogen-bond donors (Lipinski definition) is 1. The van der Waals surface area contributed by atoms with Crippen LogP contribution in [0.5, 0.6) is 5.88 Å². The Kier molecular flexibility index (Phi) is 4.31. The van der Waals surface area contributed by atoms with Crippen molar-refractivity contribution in [3.8, 4) is 5.88 Å². The van der Waals surface area contributed by atoms with E-state index < -0.39 is 5.41 Å². The van der Waals surface area contributed by atoms with Crippen LogP contribution in [0.2, 0.25) is 0 Å². The lowest BCUT2D eigenvalue weighted by molar-refractivity contribution is -0.149. The average Bonchev–Trinajstić information content (AvgIpc) is 2.35. The number of carbonyl (C=O) groups is 1. The molecule has 0 amide bonds. The van der Waals surface area contributed by atoms with E-state index in [1.807, 2.05) is 19.9 Å². The molecule has 0 aliphatic rings. The minimum Gasteiger partial charge on any atom is -0.481 e. The van der Waals surface area contributed by atoms with Gasteiger partial charge in [0.25, 0.3) is 0 Å². The molecule has 0 spiro atoms. The van der Waals surface area contributed by atoms with Gasteiger partial charge in [0, 0.05) is 24.5 Å². The summed E-state index contributed by atoms with van der Waals surface area (Å²) < 4.78 is 9.75. The van der Waals surface area contributed by atoms with Gasteiger partial charge in [-0.2, -0.15) is 0 Å². The summed E-state index contributed by atoms with van der Waals surface area (Å²) in [6, 6.07) is 3.59. The predicted octanol–water partition coefficient (Wildman–Crippen LogP) is 1.70. The number of aromatic nitrogens is 1. The fourth-order valence-corrected chi connectivity index (χ4v) is 1.30. The van der Waals surface area contributed by atoms with E-state index in [4.69, 9.17) is 9.47 Å². The molecule has 1 aromatic rings. The highest BCUT2D eigenvalue weighted by atomic mass is 16.5. The molecule has 0 bridgehead atoms. The molecule has 0 aromatic carbocycles. The number of nitrogens with zero attached hydrogens (tertiary/aromatic N) is 1. The Morgan fingerprint density at radius 1 is 1.47 bits per heavy atom. The average molecular weight is 238 g/mol. The second-order valence-corrected chi connectivity index (χ2v) is 4.32. The second-order valence-electron chi connectivity index (χ2n) is 4.32. The highest BCUT2D eigenvalue weighted by Crippen LogP contribution is 2.20. The van der Waals surface area contributed by atoms with Crippen LogP contribution in [-0.4, -0.2) is 31.7 Å². The van der Waals surface area contributed by atoms with E-state index in [0.29, 0.717) is 12.4 Å². The van der Waals surface area contributed by atoms with Crippen molar-refractivity contribution in [2.24, 2.45) is 5.41 Å². The zero-order valence-corrected chi connectivity index (χ0v) is 10.6. The van der Waals surface area contributed by atoms with Crippen molar-refractivity contribution in [3.05, 3.63) is 18.3 Å². The number of pyridine rings is 1. The first-order valence-electron chi connectivity index (χ1n) is 5.32. The summed E-state index contributed by atoms with van der Waals surface area (Å²) in [4.78, 5) is 15.5. The monoisotopic (exact) mass is 238 g/mol. The Labute approximate surface area is 101 Å². The quantitative estimate of drug-likeness (QED) is 0.791. The molecular formula is C12H18N2O3. The molecule has 0 saturated carbocycles. The zero-order valence-electron chi connectivity index (χ0n) is 10.6. The first-order chi connectivity index (χ1) is 7.99. The Morgan fingerprint density at radius 3 is 2.76 bits per heavy atom. The van der Waals surface area contributed by atoms with E-state index in [2.05, 4.69) is 10.3 Å². The van der Waals surface area contributed by atoms with Crippen LogP contribution in [0.25, 0.3) is 0 Å². The van der Waals surface area contributed by atoms with Gasteiger partial charge in [0.05, 0.1) is 19.6 Å². The highest BCUT2D eigenvalue weighted by Gasteiger charge is 2.28. The van der Waals surface area contributed by atoms with Crippen LogP contribution in [-0.2, 0) is 9.53 Å². The van der Waals surface area contributed by atoms with Gasteiger partial charge in [-0.25, -0.2) is 4.98 Å². The van der Waals surface area contributed by atoms with Crippen molar-refractivity contribution >= 4 is 11.7 Å². The Hall–Kier alpha value is -1.78. The van der Waals surface area contributed by atoms with Crippen molar-refractivity contribution in [2.75, 3.05) is 26.1 Å². The fraction of sp³-hybridized carbons (Fsp3) is 0.500. The molecule has 1 heterocycles. The number of methoxy groups -OCH3 is 2. The molecule has 1 aromatic heterocycles. The van der Waals surface area contributed by atoms with Crippen LogP contribution in [0, 0.1) is 5.41 Å². The number of hydrogen-bond acceptors (Lipinski definition) is 5. The predicted molar refractivity (Wildman–Crippen MR) is 65.1 cm³/mol. The van der Waals surface area contributed by atoms with Crippen LogP contribution in [0.1, 0.15) is 13.8 Å². The van der Waals surface area contributed by atoms with Gasteiger partial charge in [-0.15, -0.1) is 0 Å². The molecule has 1 rings (SSSR count). The van der Waals surface area contributed by atoms with Crippen molar-refractivity contribution in [3.63, 3.8) is 0 Å². The summed E-state index contributed by atoms with van der Waals surface area (Å²) in [7, 11) is 2.95. The maximum Gasteiger partial charge on any atom is 0.313 e. The summed E-state index contributed by atoms with van der Waals surface area (Å²) in [6.07, 6.45) is 1.65. The molecule has 0 atom stereocenters. The van der Waals surface area contributed by atoms with Crippen LogP contribution < -0.4 is 10.1 Å². The summed E-state index contributed by atoms with van der Waals surface area (Å²) in [5, 5.41) is 3.15. The van der Waals surface area contributed by atoms with Gasteiger partial charge < -0.3 is 14.8 Å². The summed E-state index contributed by atoms with van der Waals surface area (Å²) in [5.74, 6) is 0.289. The molecule has 0 saturated heterocycles. The van der Waals surface area contributed by atoms with Gasteiger partial charge in [-0.3, -0.25) is 4.79 Å². The van der Waals surface area contributed by atoms with E-state index in [-0.39, 0.29) is 5.97 Å². The summed E-state index contributed by atoms with van der Waals surface area (Å²) in [5.41, 5.74) is 0.277. The Balaban J connectivity index is 2.63. The molecule has 94 valence electrons. The number of ether oxygens (including phenoxy) is 2. The minimum absolute atomic E-state index is 0.244. The van der Waals surface area contributed by atoms with Gasteiger partial charge in [-0.05, 0) is 19.9 Å². The van der Waals surface area contributed by atoms with Gasteiger partial charge >= 0.3 is 5.97 Å². The number of nitrogens with one attached hydrogen (secondary N) is 1. The number of esters is 1. The van der Waals surface area contributed by atoms with Crippen LogP contribution >= 0.6 is 0 Å². The van der Waals surface area contributed by atoms with Crippen molar-refractivity contribution in [2.45, 2.75) is 13.8 Å². The SMILES string of the molecule is COC(=O)C(C)(C)CNc1ccnc(OC)c1. The number of rotatable bonds is 5.